The van der Waals surface area contributed by atoms with E-state index in [1.165, 1.54) is 12.1 Å². The van der Waals surface area contributed by atoms with E-state index in [2.05, 4.69) is 6.58 Å². The number of carboxylic acids is 1. The molecule has 1 rings (SSSR count). The lowest BCUT2D eigenvalue weighted by molar-refractivity contribution is -0.136. The number of halogens is 2. The minimum absolute atomic E-state index is 0.00281. The van der Waals surface area contributed by atoms with Crippen molar-refractivity contribution < 1.29 is 14.3 Å². The number of rotatable bonds is 6. The fourth-order valence-electron chi connectivity index (χ4n) is 1.39. The van der Waals surface area contributed by atoms with Crippen LogP contribution in [0, 0.1) is 5.82 Å². The first-order valence-electron chi connectivity index (χ1n) is 5.07. The van der Waals surface area contributed by atoms with Gasteiger partial charge in [0, 0.05) is 18.8 Å². The van der Waals surface area contributed by atoms with Crippen LogP contribution in [0.25, 0.3) is 0 Å². The average Bonchev–Trinajstić information content (AvgIpc) is 2.28. The van der Waals surface area contributed by atoms with Gasteiger partial charge in [-0.3, -0.25) is 4.79 Å². The van der Waals surface area contributed by atoms with Crippen LogP contribution in [-0.2, 0) is 4.79 Å². The topological polar surface area (TPSA) is 40.5 Å². The molecule has 0 saturated carbocycles. The molecule has 0 aromatic heterocycles. The van der Waals surface area contributed by atoms with Gasteiger partial charge in [-0.05, 0) is 18.2 Å². The lowest BCUT2D eigenvalue weighted by Gasteiger charge is -2.22. The van der Waals surface area contributed by atoms with Crippen molar-refractivity contribution in [3.05, 3.63) is 41.7 Å². The lowest BCUT2D eigenvalue weighted by Crippen LogP contribution is -2.26. The molecule has 17 heavy (non-hydrogen) atoms. The molecule has 1 aromatic carbocycles. The van der Waals surface area contributed by atoms with Crippen LogP contribution in [-0.4, -0.2) is 24.2 Å². The predicted octanol–water partition coefficient (Wildman–Crippen LogP) is 2.95. The molecule has 3 nitrogen and oxygen atoms in total. The summed E-state index contributed by atoms with van der Waals surface area (Å²) in [5.74, 6) is -1.38. The minimum atomic E-state index is -0.882. The van der Waals surface area contributed by atoms with Crippen molar-refractivity contribution in [1.82, 2.24) is 0 Å². The molecule has 0 atom stereocenters. The standard InChI is InChI=1S/C12H13ClFNO2/c1-2-6-15(7-5-12(16)17)9-3-4-11(14)10(13)8-9/h2-4,8H,1,5-7H2,(H,16,17). The highest BCUT2D eigenvalue weighted by atomic mass is 35.5. The minimum Gasteiger partial charge on any atom is -0.481 e. The molecule has 0 aliphatic heterocycles. The quantitative estimate of drug-likeness (QED) is 0.797. The van der Waals surface area contributed by atoms with Gasteiger partial charge in [0.05, 0.1) is 11.4 Å². The highest BCUT2D eigenvalue weighted by Gasteiger charge is 2.09. The van der Waals surface area contributed by atoms with Crippen LogP contribution in [0.4, 0.5) is 10.1 Å². The van der Waals surface area contributed by atoms with Crippen LogP contribution in [0.5, 0.6) is 0 Å². The van der Waals surface area contributed by atoms with Gasteiger partial charge < -0.3 is 10.0 Å². The van der Waals surface area contributed by atoms with E-state index < -0.39 is 11.8 Å². The Balaban J connectivity index is 2.84. The molecule has 0 fully saturated rings. The largest absolute Gasteiger partial charge is 0.481 e. The fraction of sp³-hybridized carbons (Fsp3) is 0.250. The van der Waals surface area contributed by atoms with E-state index in [4.69, 9.17) is 16.7 Å². The van der Waals surface area contributed by atoms with Gasteiger partial charge in [-0.2, -0.15) is 0 Å². The van der Waals surface area contributed by atoms with E-state index in [9.17, 15) is 9.18 Å². The molecule has 0 bridgehead atoms. The molecule has 1 N–H and O–H groups in total. The van der Waals surface area contributed by atoms with Crippen molar-refractivity contribution in [1.29, 1.82) is 0 Å². The van der Waals surface area contributed by atoms with Crippen LogP contribution in [0.3, 0.4) is 0 Å². The number of anilines is 1. The summed E-state index contributed by atoms with van der Waals surface area (Å²) in [5, 5.41) is 8.66. The zero-order valence-corrected chi connectivity index (χ0v) is 9.95. The van der Waals surface area contributed by atoms with Crippen LogP contribution < -0.4 is 4.90 Å². The van der Waals surface area contributed by atoms with E-state index in [-0.39, 0.29) is 11.4 Å². The van der Waals surface area contributed by atoms with Gasteiger partial charge in [-0.25, -0.2) is 4.39 Å². The normalized spacial score (nSPS) is 10.0. The molecule has 92 valence electrons. The SMILES string of the molecule is C=CCN(CCC(=O)O)c1ccc(F)c(Cl)c1. The molecule has 0 saturated heterocycles. The summed E-state index contributed by atoms with van der Waals surface area (Å²) in [6.45, 7) is 4.40. The number of nitrogens with zero attached hydrogens (tertiary/aromatic N) is 1. The zero-order chi connectivity index (χ0) is 12.8. The molecular weight excluding hydrogens is 245 g/mol. The Hall–Kier alpha value is -1.55. The molecule has 1 aromatic rings. The Morgan fingerprint density at radius 3 is 2.82 bits per heavy atom. The number of carboxylic acid groups (broad SMARTS) is 1. The number of benzene rings is 1. The van der Waals surface area contributed by atoms with Gasteiger partial charge in [0.25, 0.3) is 0 Å². The van der Waals surface area contributed by atoms with Crippen LogP contribution in [0.2, 0.25) is 5.02 Å². The Morgan fingerprint density at radius 1 is 1.59 bits per heavy atom. The van der Waals surface area contributed by atoms with Gasteiger partial charge in [-0.15, -0.1) is 6.58 Å². The van der Waals surface area contributed by atoms with E-state index in [1.54, 1.807) is 17.0 Å². The van der Waals surface area contributed by atoms with Crippen molar-refractivity contribution >= 4 is 23.3 Å². The maximum Gasteiger partial charge on any atom is 0.305 e. The first-order valence-corrected chi connectivity index (χ1v) is 5.45. The Labute approximate surface area is 104 Å². The lowest BCUT2D eigenvalue weighted by atomic mass is 10.2. The van der Waals surface area contributed by atoms with Gasteiger partial charge >= 0.3 is 5.97 Å². The maximum absolute atomic E-state index is 13.0. The third-order valence-corrected chi connectivity index (χ3v) is 2.50. The number of hydrogen-bond acceptors (Lipinski definition) is 2. The molecule has 0 amide bonds. The second-order valence-electron chi connectivity index (χ2n) is 3.48. The third-order valence-electron chi connectivity index (χ3n) is 2.21. The average molecular weight is 258 g/mol. The van der Waals surface area contributed by atoms with Crippen molar-refractivity contribution in [2.24, 2.45) is 0 Å². The Bertz CT molecular complexity index is 423. The molecular formula is C12H13ClFNO2. The van der Waals surface area contributed by atoms with E-state index in [0.717, 1.165) is 0 Å². The molecule has 0 heterocycles. The van der Waals surface area contributed by atoms with E-state index in [1.807, 2.05) is 0 Å². The number of aliphatic carboxylic acids is 1. The van der Waals surface area contributed by atoms with Gasteiger partial charge in [0.1, 0.15) is 5.82 Å². The summed E-state index contributed by atoms with van der Waals surface area (Å²) in [6, 6.07) is 4.29. The summed E-state index contributed by atoms with van der Waals surface area (Å²) < 4.78 is 13.0. The number of hydrogen-bond donors (Lipinski definition) is 1. The van der Waals surface area contributed by atoms with E-state index in [0.29, 0.717) is 18.8 Å². The molecule has 0 radical (unpaired) electrons. The molecule has 0 unspecified atom stereocenters. The maximum atomic E-state index is 13.0. The van der Waals surface area contributed by atoms with Crippen LogP contribution in [0.1, 0.15) is 6.42 Å². The Morgan fingerprint density at radius 2 is 2.29 bits per heavy atom. The second kappa shape index (κ2) is 6.25. The third kappa shape index (κ3) is 4.07. The van der Waals surface area contributed by atoms with Crippen molar-refractivity contribution in [3.8, 4) is 0 Å². The summed E-state index contributed by atoms with van der Waals surface area (Å²) in [7, 11) is 0. The van der Waals surface area contributed by atoms with Gasteiger partial charge in [0.15, 0.2) is 0 Å². The van der Waals surface area contributed by atoms with Crippen molar-refractivity contribution in [2.75, 3.05) is 18.0 Å². The second-order valence-corrected chi connectivity index (χ2v) is 3.88. The highest BCUT2D eigenvalue weighted by Crippen LogP contribution is 2.22. The highest BCUT2D eigenvalue weighted by molar-refractivity contribution is 6.31. The zero-order valence-electron chi connectivity index (χ0n) is 9.20. The van der Waals surface area contributed by atoms with Gasteiger partial charge in [-0.1, -0.05) is 17.7 Å². The van der Waals surface area contributed by atoms with Crippen molar-refractivity contribution in [3.63, 3.8) is 0 Å². The first kappa shape index (κ1) is 13.5. The number of carbonyl (C=O) groups is 1. The summed E-state index contributed by atoms with van der Waals surface area (Å²) in [6.07, 6.45) is 1.65. The summed E-state index contributed by atoms with van der Waals surface area (Å²) >= 11 is 5.68. The fourth-order valence-corrected chi connectivity index (χ4v) is 1.57. The monoisotopic (exact) mass is 257 g/mol. The van der Waals surface area contributed by atoms with Crippen LogP contribution >= 0.6 is 11.6 Å². The van der Waals surface area contributed by atoms with Crippen molar-refractivity contribution in [2.45, 2.75) is 6.42 Å². The molecule has 0 spiro atoms. The molecule has 5 heteroatoms. The van der Waals surface area contributed by atoms with Crippen LogP contribution in [0.15, 0.2) is 30.9 Å². The molecule has 0 aliphatic carbocycles. The smallest absolute Gasteiger partial charge is 0.305 e. The Kier molecular flexibility index (Phi) is 4.97. The summed E-state index contributed by atoms with van der Waals surface area (Å²) in [4.78, 5) is 12.3. The first-order chi connectivity index (χ1) is 8.04. The summed E-state index contributed by atoms with van der Waals surface area (Å²) in [5.41, 5.74) is 0.678. The van der Waals surface area contributed by atoms with E-state index >= 15 is 0 Å². The molecule has 0 aliphatic rings. The van der Waals surface area contributed by atoms with Gasteiger partial charge in [0.2, 0.25) is 0 Å². The predicted molar refractivity (Wildman–Crippen MR) is 66.1 cm³/mol.